The van der Waals surface area contributed by atoms with Crippen molar-refractivity contribution in [1.29, 1.82) is 5.41 Å². The Morgan fingerprint density at radius 1 is 1.28 bits per heavy atom. The number of nitrogen functional groups attached to an aromatic ring is 1. The van der Waals surface area contributed by atoms with Crippen molar-refractivity contribution in [2.75, 3.05) is 13.7 Å². The standard InChI is InChI=1S/C14H22N2O2/c1-14(2,17-3)8-9-18-10-11-4-6-12(7-5-11)13(15)16/h4-7H,8-10H2,1-3H3,(H3,15,16). The lowest BCUT2D eigenvalue weighted by Crippen LogP contribution is -2.24. The summed E-state index contributed by atoms with van der Waals surface area (Å²) >= 11 is 0. The van der Waals surface area contributed by atoms with Crippen LogP contribution in [0.4, 0.5) is 0 Å². The smallest absolute Gasteiger partial charge is 0.122 e. The van der Waals surface area contributed by atoms with Crippen LogP contribution in [0.15, 0.2) is 24.3 Å². The molecule has 0 saturated heterocycles. The van der Waals surface area contributed by atoms with Crippen molar-refractivity contribution in [3.05, 3.63) is 35.4 Å². The summed E-state index contributed by atoms with van der Waals surface area (Å²) in [5, 5.41) is 7.30. The molecule has 0 heterocycles. The zero-order chi connectivity index (χ0) is 13.6. The Morgan fingerprint density at radius 2 is 1.89 bits per heavy atom. The van der Waals surface area contributed by atoms with Crippen LogP contribution in [0, 0.1) is 5.41 Å². The van der Waals surface area contributed by atoms with Gasteiger partial charge in [0.2, 0.25) is 0 Å². The third-order valence-corrected chi connectivity index (χ3v) is 2.93. The molecular formula is C14H22N2O2. The minimum atomic E-state index is -0.140. The molecule has 3 N–H and O–H groups in total. The summed E-state index contributed by atoms with van der Waals surface area (Å²) in [5.74, 6) is 0.0873. The second-order valence-corrected chi connectivity index (χ2v) is 4.88. The third-order valence-electron chi connectivity index (χ3n) is 2.93. The molecule has 0 aliphatic rings. The summed E-state index contributed by atoms with van der Waals surface area (Å²) in [7, 11) is 1.71. The van der Waals surface area contributed by atoms with Gasteiger partial charge in [-0.2, -0.15) is 0 Å². The highest BCUT2D eigenvalue weighted by Gasteiger charge is 2.15. The van der Waals surface area contributed by atoms with Gasteiger partial charge >= 0.3 is 0 Å². The van der Waals surface area contributed by atoms with Crippen LogP contribution in [0.3, 0.4) is 0 Å². The van der Waals surface area contributed by atoms with E-state index in [4.69, 9.17) is 20.6 Å². The molecule has 0 aliphatic carbocycles. The van der Waals surface area contributed by atoms with Crippen molar-refractivity contribution in [1.82, 2.24) is 0 Å². The van der Waals surface area contributed by atoms with Crippen molar-refractivity contribution >= 4 is 5.84 Å². The highest BCUT2D eigenvalue weighted by Crippen LogP contribution is 2.13. The van der Waals surface area contributed by atoms with Gasteiger partial charge in [0.05, 0.1) is 12.2 Å². The molecule has 1 aromatic carbocycles. The molecule has 100 valence electrons. The normalized spacial score (nSPS) is 11.5. The summed E-state index contributed by atoms with van der Waals surface area (Å²) in [5.41, 5.74) is 7.06. The van der Waals surface area contributed by atoms with Gasteiger partial charge in [0.15, 0.2) is 0 Å². The Balaban J connectivity index is 2.34. The van der Waals surface area contributed by atoms with Crippen molar-refractivity contribution in [2.24, 2.45) is 5.73 Å². The van der Waals surface area contributed by atoms with Gasteiger partial charge in [0.25, 0.3) is 0 Å². The van der Waals surface area contributed by atoms with Crippen molar-refractivity contribution in [3.63, 3.8) is 0 Å². The molecule has 4 nitrogen and oxygen atoms in total. The average molecular weight is 250 g/mol. The largest absolute Gasteiger partial charge is 0.384 e. The maximum atomic E-state index is 7.30. The van der Waals surface area contributed by atoms with Crippen molar-refractivity contribution < 1.29 is 9.47 Å². The van der Waals surface area contributed by atoms with Crippen LogP contribution in [0.1, 0.15) is 31.4 Å². The molecule has 18 heavy (non-hydrogen) atoms. The van der Waals surface area contributed by atoms with Crippen LogP contribution >= 0.6 is 0 Å². The molecule has 0 spiro atoms. The maximum absolute atomic E-state index is 7.30. The monoisotopic (exact) mass is 250 g/mol. The fourth-order valence-electron chi connectivity index (χ4n) is 1.39. The lowest BCUT2D eigenvalue weighted by atomic mass is 10.1. The number of nitrogens with one attached hydrogen (secondary N) is 1. The molecule has 0 radical (unpaired) electrons. The highest BCUT2D eigenvalue weighted by atomic mass is 16.5. The molecule has 1 rings (SSSR count). The van der Waals surface area contributed by atoms with E-state index in [1.807, 2.05) is 38.1 Å². The zero-order valence-electron chi connectivity index (χ0n) is 11.3. The Hall–Kier alpha value is -1.39. The fraction of sp³-hybridized carbons (Fsp3) is 0.500. The number of nitrogens with two attached hydrogens (primary N) is 1. The summed E-state index contributed by atoms with van der Waals surface area (Å²) in [6, 6.07) is 7.52. The third kappa shape index (κ3) is 4.85. The molecule has 1 aromatic rings. The maximum Gasteiger partial charge on any atom is 0.122 e. The number of benzene rings is 1. The SMILES string of the molecule is COC(C)(C)CCOCc1ccc(C(=N)N)cc1. The van der Waals surface area contributed by atoms with E-state index in [0.29, 0.717) is 13.2 Å². The van der Waals surface area contributed by atoms with Crippen LogP contribution in [-0.4, -0.2) is 25.2 Å². The minimum absolute atomic E-state index is 0.0873. The Morgan fingerprint density at radius 3 is 2.39 bits per heavy atom. The average Bonchev–Trinajstić information content (AvgIpc) is 2.35. The van der Waals surface area contributed by atoms with Crippen LogP contribution in [0.2, 0.25) is 0 Å². The first-order valence-electron chi connectivity index (χ1n) is 6.01. The van der Waals surface area contributed by atoms with Crippen molar-refractivity contribution in [2.45, 2.75) is 32.5 Å². The number of hydrogen-bond donors (Lipinski definition) is 2. The van der Waals surface area contributed by atoms with E-state index in [2.05, 4.69) is 0 Å². The van der Waals surface area contributed by atoms with Gasteiger partial charge in [-0.05, 0) is 25.8 Å². The summed E-state index contributed by atoms with van der Waals surface area (Å²) in [4.78, 5) is 0. The van der Waals surface area contributed by atoms with Crippen LogP contribution in [-0.2, 0) is 16.1 Å². The number of hydrogen-bond acceptors (Lipinski definition) is 3. The second-order valence-electron chi connectivity index (χ2n) is 4.88. The number of amidine groups is 1. The zero-order valence-corrected chi connectivity index (χ0v) is 11.3. The lowest BCUT2D eigenvalue weighted by molar-refractivity contribution is -0.0124. The topological polar surface area (TPSA) is 68.3 Å². The minimum Gasteiger partial charge on any atom is -0.384 e. The van der Waals surface area contributed by atoms with E-state index in [9.17, 15) is 0 Å². The van der Waals surface area contributed by atoms with E-state index < -0.39 is 0 Å². The molecule has 0 bridgehead atoms. The predicted octanol–water partition coefficient (Wildman–Crippen LogP) is 2.30. The van der Waals surface area contributed by atoms with Gasteiger partial charge in [-0.25, -0.2) is 0 Å². The molecule has 0 fully saturated rings. The van der Waals surface area contributed by atoms with Gasteiger partial charge in [0.1, 0.15) is 5.84 Å². The molecular weight excluding hydrogens is 228 g/mol. The van der Waals surface area contributed by atoms with Crippen LogP contribution in [0.5, 0.6) is 0 Å². The molecule has 0 aliphatic heterocycles. The van der Waals surface area contributed by atoms with E-state index >= 15 is 0 Å². The van der Waals surface area contributed by atoms with Crippen molar-refractivity contribution in [3.8, 4) is 0 Å². The molecule has 4 heteroatoms. The van der Waals surface area contributed by atoms with Gasteiger partial charge in [-0.3, -0.25) is 5.41 Å². The van der Waals surface area contributed by atoms with Gasteiger partial charge in [-0.1, -0.05) is 24.3 Å². The van der Waals surface area contributed by atoms with Crippen LogP contribution < -0.4 is 5.73 Å². The summed E-state index contributed by atoms with van der Waals surface area (Å²) in [6.07, 6.45) is 0.856. The Kier molecular flexibility index (Phi) is 5.31. The Bertz CT molecular complexity index is 385. The molecule has 0 saturated carbocycles. The first-order chi connectivity index (χ1) is 8.44. The number of methoxy groups -OCH3 is 1. The van der Waals surface area contributed by atoms with E-state index in [1.54, 1.807) is 7.11 Å². The number of rotatable bonds is 7. The Labute approximate surface area is 109 Å². The van der Waals surface area contributed by atoms with Gasteiger partial charge in [0, 0.05) is 19.3 Å². The van der Waals surface area contributed by atoms with E-state index in [-0.39, 0.29) is 11.4 Å². The quantitative estimate of drug-likeness (QED) is 0.443. The van der Waals surface area contributed by atoms with Gasteiger partial charge in [-0.15, -0.1) is 0 Å². The molecule has 0 unspecified atom stereocenters. The predicted molar refractivity (Wildman–Crippen MR) is 72.8 cm³/mol. The molecule has 0 aromatic heterocycles. The molecule has 0 atom stereocenters. The number of ether oxygens (including phenoxy) is 2. The fourth-order valence-corrected chi connectivity index (χ4v) is 1.39. The summed E-state index contributed by atoms with van der Waals surface area (Å²) in [6.45, 7) is 5.31. The first kappa shape index (κ1) is 14.7. The highest BCUT2D eigenvalue weighted by molar-refractivity contribution is 5.94. The van der Waals surface area contributed by atoms with E-state index in [1.165, 1.54) is 0 Å². The van der Waals surface area contributed by atoms with Crippen LogP contribution in [0.25, 0.3) is 0 Å². The van der Waals surface area contributed by atoms with E-state index in [0.717, 1.165) is 17.5 Å². The first-order valence-corrected chi connectivity index (χ1v) is 6.01. The second kappa shape index (κ2) is 6.52. The lowest BCUT2D eigenvalue weighted by Gasteiger charge is -2.22. The van der Waals surface area contributed by atoms with Gasteiger partial charge < -0.3 is 15.2 Å². The summed E-state index contributed by atoms with van der Waals surface area (Å²) < 4.78 is 10.9. The molecule has 0 amide bonds.